The van der Waals surface area contributed by atoms with Crippen LogP contribution in [0.1, 0.15) is 34.6 Å². The fraction of sp³-hybridized carbons (Fsp3) is 0.167. The molecule has 2 aromatic rings. The first-order valence-electron chi connectivity index (χ1n) is 7.36. The van der Waals surface area contributed by atoms with E-state index < -0.39 is 35.2 Å². The molecule has 0 bridgehead atoms. The predicted octanol–water partition coefficient (Wildman–Crippen LogP) is 3.35. The molecule has 0 heterocycles. The molecule has 0 aliphatic heterocycles. The van der Waals surface area contributed by atoms with Crippen molar-refractivity contribution in [3.05, 3.63) is 65.2 Å². The lowest BCUT2D eigenvalue weighted by Gasteiger charge is -2.14. The van der Waals surface area contributed by atoms with Crippen molar-refractivity contribution in [2.45, 2.75) is 20.0 Å². The first-order chi connectivity index (χ1) is 11.8. The Bertz CT molecular complexity index is 818. The molecular weight excluding hydrogens is 332 g/mol. The Kier molecular flexibility index (Phi) is 5.59. The van der Waals surface area contributed by atoms with E-state index in [-0.39, 0.29) is 5.78 Å². The highest BCUT2D eigenvalue weighted by Gasteiger charge is 2.21. The van der Waals surface area contributed by atoms with E-state index in [9.17, 15) is 23.2 Å². The van der Waals surface area contributed by atoms with Crippen LogP contribution in [-0.4, -0.2) is 23.8 Å². The van der Waals surface area contributed by atoms with Gasteiger partial charge in [-0.25, -0.2) is 13.6 Å². The Morgan fingerprint density at radius 1 is 1.04 bits per heavy atom. The number of ether oxygens (including phenoxy) is 1. The molecule has 1 unspecified atom stereocenters. The van der Waals surface area contributed by atoms with Crippen LogP contribution < -0.4 is 5.32 Å². The van der Waals surface area contributed by atoms with E-state index in [1.165, 1.54) is 26.0 Å². The highest BCUT2D eigenvalue weighted by atomic mass is 19.1. The summed E-state index contributed by atoms with van der Waals surface area (Å²) in [5.74, 6) is -3.72. The minimum Gasteiger partial charge on any atom is -0.449 e. The number of carbonyl (C=O) groups excluding carboxylic acids is 3. The highest BCUT2D eigenvalue weighted by Crippen LogP contribution is 2.14. The van der Waals surface area contributed by atoms with Crippen LogP contribution in [0.5, 0.6) is 0 Å². The molecule has 0 fully saturated rings. The summed E-state index contributed by atoms with van der Waals surface area (Å²) in [6.07, 6.45) is -1.20. The number of anilines is 1. The summed E-state index contributed by atoms with van der Waals surface area (Å²) in [6.45, 7) is 2.74. The molecule has 0 spiro atoms. The molecule has 0 saturated heterocycles. The topological polar surface area (TPSA) is 72.5 Å². The van der Waals surface area contributed by atoms with Gasteiger partial charge in [-0.3, -0.25) is 9.59 Å². The molecule has 25 heavy (non-hydrogen) atoms. The normalized spacial score (nSPS) is 11.5. The van der Waals surface area contributed by atoms with Gasteiger partial charge in [0.05, 0.1) is 5.56 Å². The van der Waals surface area contributed by atoms with Crippen LogP contribution in [0, 0.1) is 11.6 Å². The summed E-state index contributed by atoms with van der Waals surface area (Å²) in [6, 6.07) is 8.56. The molecule has 0 radical (unpaired) electrons. The van der Waals surface area contributed by atoms with Crippen LogP contribution in [0.15, 0.2) is 42.5 Å². The minimum atomic E-state index is -1.20. The standard InChI is InChI=1S/C18H15F2NO4/c1-10(22)12-3-6-14(7-4-12)21-17(23)11(2)25-18(24)15-8-5-13(19)9-16(15)20/h3-9,11H,1-2H3,(H,21,23). The van der Waals surface area contributed by atoms with Crippen LogP contribution in [0.2, 0.25) is 0 Å². The first kappa shape index (κ1) is 18.3. The van der Waals surface area contributed by atoms with Gasteiger partial charge in [0.15, 0.2) is 11.9 Å². The number of rotatable bonds is 5. The van der Waals surface area contributed by atoms with Crippen molar-refractivity contribution in [3.63, 3.8) is 0 Å². The number of benzene rings is 2. The summed E-state index contributed by atoms with van der Waals surface area (Å²) in [7, 11) is 0. The Hall–Kier alpha value is -3.09. The SMILES string of the molecule is CC(=O)c1ccc(NC(=O)C(C)OC(=O)c2ccc(F)cc2F)cc1. The quantitative estimate of drug-likeness (QED) is 0.665. The number of ketones is 1. The number of nitrogens with one attached hydrogen (secondary N) is 1. The Labute approximate surface area is 142 Å². The minimum absolute atomic E-state index is 0.110. The van der Waals surface area contributed by atoms with E-state index in [1.54, 1.807) is 12.1 Å². The van der Waals surface area contributed by atoms with Gasteiger partial charge in [-0.1, -0.05) is 0 Å². The number of hydrogen-bond donors (Lipinski definition) is 1. The summed E-state index contributed by atoms with van der Waals surface area (Å²) in [5.41, 5.74) is 0.432. The van der Waals surface area contributed by atoms with Crippen molar-refractivity contribution >= 4 is 23.3 Å². The van der Waals surface area contributed by atoms with Crippen molar-refractivity contribution in [2.75, 3.05) is 5.32 Å². The predicted molar refractivity (Wildman–Crippen MR) is 86.3 cm³/mol. The second-order valence-electron chi connectivity index (χ2n) is 5.29. The zero-order valence-electron chi connectivity index (χ0n) is 13.5. The third-order valence-electron chi connectivity index (χ3n) is 3.36. The number of Topliss-reactive ketones (excluding diaryl/α,β-unsaturated/α-hetero) is 1. The summed E-state index contributed by atoms with van der Waals surface area (Å²) in [4.78, 5) is 35.1. The van der Waals surface area contributed by atoms with Crippen LogP contribution in [0.25, 0.3) is 0 Å². The van der Waals surface area contributed by atoms with Crippen molar-refractivity contribution in [1.82, 2.24) is 0 Å². The number of carbonyl (C=O) groups is 3. The zero-order chi connectivity index (χ0) is 18.6. The van der Waals surface area contributed by atoms with Gasteiger partial charge in [0.1, 0.15) is 11.6 Å². The average molecular weight is 347 g/mol. The van der Waals surface area contributed by atoms with Gasteiger partial charge in [0.25, 0.3) is 5.91 Å². The summed E-state index contributed by atoms with van der Waals surface area (Å²) >= 11 is 0. The molecule has 0 saturated carbocycles. The highest BCUT2D eigenvalue weighted by molar-refractivity contribution is 5.98. The van der Waals surface area contributed by atoms with Gasteiger partial charge < -0.3 is 10.1 Å². The van der Waals surface area contributed by atoms with Crippen molar-refractivity contribution < 1.29 is 27.9 Å². The maximum Gasteiger partial charge on any atom is 0.341 e. The van der Waals surface area contributed by atoms with Gasteiger partial charge in [0.2, 0.25) is 0 Å². The van der Waals surface area contributed by atoms with Crippen molar-refractivity contribution in [2.24, 2.45) is 0 Å². The lowest BCUT2D eigenvalue weighted by Crippen LogP contribution is -2.30. The molecule has 0 aromatic heterocycles. The number of esters is 1. The van der Waals surface area contributed by atoms with E-state index in [0.717, 1.165) is 12.1 Å². The molecule has 2 rings (SSSR count). The van der Waals surface area contributed by atoms with Crippen LogP contribution >= 0.6 is 0 Å². The van der Waals surface area contributed by atoms with E-state index >= 15 is 0 Å². The zero-order valence-corrected chi connectivity index (χ0v) is 13.5. The van der Waals surface area contributed by atoms with Crippen LogP contribution in [0.4, 0.5) is 14.5 Å². The number of amides is 1. The van der Waals surface area contributed by atoms with Gasteiger partial charge >= 0.3 is 5.97 Å². The van der Waals surface area contributed by atoms with Gasteiger partial charge in [-0.15, -0.1) is 0 Å². The van der Waals surface area contributed by atoms with Gasteiger partial charge in [-0.2, -0.15) is 0 Å². The Morgan fingerprint density at radius 2 is 1.68 bits per heavy atom. The lowest BCUT2D eigenvalue weighted by molar-refractivity contribution is -0.123. The fourth-order valence-corrected chi connectivity index (χ4v) is 1.96. The van der Waals surface area contributed by atoms with Crippen molar-refractivity contribution in [3.8, 4) is 0 Å². The lowest BCUT2D eigenvalue weighted by atomic mass is 10.1. The summed E-state index contributed by atoms with van der Waals surface area (Å²) < 4.78 is 31.3. The first-order valence-corrected chi connectivity index (χ1v) is 7.36. The molecule has 1 amide bonds. The van der Waals surface area contributed by atoms with Crippen LogP contribution in [-0.2, 0) is 9.53 Å². The largest absolute Gasteiger partial charge is 0.449 e. The third kappa shape index (κ3) is 4.69. The van der Waals surface area contributed by atoms with Gasteiger partial charge in [0, 0.05) is 17.3 Å². The fourth-order valence-electron chi connectivity index (χ4n) is 1.96. The second-order valence-corrected chi connectivity index (χ2v) is 5.29. The molecule has 7 heteroatoms. The van der Waals surface area contributed by atoms with E-state index in [1.807, 2.05) is 0 Å². The molecule has 1 atom stereocenters. The number of halogens is 2. The molecule has 5 nitrogen and oxygen atoms in total. The van der Waals surface area contributed by atoms with Gasteiger partial charge in [-0.05, 0) is 50.2 Å². The van der Waals surface area contributed by atoms with Crippen LogP contribution in [0.3, 0.4) is 0 Å². The molecule has 2 aromatic carbocycles. The molecule has 130 valence electrons. The summed E-state index contributed by atoms with van der Waals surface area (Å²) in [5, 5.41) is 2.51. The Morgan fingerprint density at radius 3 is 2.24 bits per heavy atom. The van der Waals surface area contributed by atoms with E-state index in [2.05, 4.69) is 5.32 Å². The molecule has 0 aliphatic carbocycles. The molecular formula is C18H15F2NO4. The number of hydrogen-bond acceptors (Lipinski definition) is 4. The second kappa shape index (κ2) is 7.65. The smallest absolute Gasteiger partial charge is 0.341 e. The third-order valence-corrected chi connectivity index (χ3v) is 3.36. The Balaban J connectivity index is 1.99. The van der Waals surface area contributed by atoms with E-state index in [4.69, 9.17) is 4.74 Å². The maximum absolute atomic E-state index is 13.5. The molecule has 0 aliphatic rings. The van der Waals surface area contributed by atoms with E-state index in [0.29, 0.717) is 17.3 Å². The monoisotopic (exact) mass is 347 g/mol. The average Bonchev–Trinajstić information content (AvgIpc) is 2.55. The van der Waals surface area contributed by atoms with Crippen molar-refractivity contribution in [1.29, 1.82) is 0 Å². The molecule has 1 N–H and O–H groups in total. The maximum atomic E-state index is 13.5.